The van der Waals surface area contributed by atoms with Gasteiger partial charge in [0.1, 0.15) is 0 Å². The third-order valence-electron chi connectivity index (χ3n) is 4.13. The Balaban J connectivity index is 1.81. The molecule has 2 fully saturated rings. The average Bonchev–Trinajstić information content (AvgIpc) is 2.71. The second kappa shape index (κ2) is 8.90. The molecule has 1 atom stereocenters. The molecular formula is C15H28N2O2S. The van der Waals surface area contributed by atoms with Gasteiger partial charge in [-0.3, -0.25) is 4.79 Å². The van der Waals surface area contributed by atoms with Crippen LogP contribution in [0.5, 0.6) is 0 Å². The number of carbonyl (C=O) groups is 1. The number of hydrogen-bond acceptors (Lipinski definition) is 4. The van der Waals surface area contributed by atoms with Crippen LogP contribution < -0.4 is 0 Å². The van der Waals surface area contributed by atoms with E-state index in [1.54, 1.807) is 11.8 Å². The van der Waals surface area contributed by atoms with E-state index in [1.807, 2.05) is 4.90 Å². The van der Waals surface area contributed by atoms with Gasteiger partial charge >= 0.3 is 0 Å². The first kappa shape index (κ1) is 16.1. The summed E-state index contributed by atoms with van der Waals surface area (Å²) in [4.78, 5) is 16.7. The van der Waals surface area contributed by atoms with Crippen molar-refractivity contribution in [1.29, 1.82) is 0 Å². The van der Waals surface area contributed by atoms with Gasteiger partial charge in [-0.15, -0.1) is 0 Å². The molecule has 2 heterocycles. The molecule has 4 nitrogen and oxygen atoms in total. The van der Waals surface area contributed by atoms with Gasteiger partial charge in [-0.1, -0.05) is 6.42 Å². The third kappa shape index (κ3) is 5.26. The van der Waals surface area contributed by atoms with Crippen molar-refractivity contribution >= 4 is 17.7 Å². The topological polar surface area (TPSA) is 32.8 Å². The predicted octanol–water partition coefficient (Wildman–Crippen LogP) is 1.84. The number of likely N-dealkylation sites (tertiary alicyclic amines) is 1. The number of nitrogens with zero attached hydrogens (tertiary/aromatic N) is 2. The molecule has 0 bridgehead atoms. The van der Waals surface area contributed by atoms with E-state index >= 15 is 0 Å². The van der Waals surface area contributed by atoms with Gasteiger partial charge in [-0.05, 0) is 38.6 Å². The zero-order chi connectivity index (χ0) is 14.2. The number of amides is 1. The summed E-state index contributed by atoms with van der Waals surface area (Å²) in [5.41, 5.74) is 0. The molecule has 0 saturated carbocycles. The third-order valence-corrected chi connectivity index (χ3v) is 4.75. The highest BCUT2D eigenvalue weighted by Gasteiger charge is 2.24. The van der Waals surface area contributed by atoms with E-state index in [9.17, 15) is 4.79 Å². The summed E-state index contributed by atoms with van der Waals surface area (Å²) >= 11 is 1.74. The highest BCUT2D eigenvalue weighted by Crippen LogP contribution is 2.13. The Morgan fingerprint density at radius 2 is 2.00 bits per heavy atom. The van der Waals surface area contributed by atoms with Crippen LogP contribution in [-0.4, -0.2) is 73.2 Å². The van der Waals surface area contributed by atoms with Crippen molar-refractivity contribution in [2.75, 3.05) is 51.3 Å². The lowest BCUT2D eigenvalue weighted by atomic mass is 10.1. The van der Waals surface area contributed by atoms with Crippen LogP contribution in [0.3, 0.4) is 0 Å². The van der Waals surface area contributed by atoms with Gasteiger partial charge in [0.2, 0.25) is 5.91 Å². The van der Waals surface area contributed by atoms with Gasteiger partial charge < -0.3 is 14.5 Å². The summed E-state index contributed by atoms with van der Waals surface area (Å²) in [5, 5.41) is 0. The molecular weight excluding hydrogens is 272 g/mol. The van der Waals surface area contributed by atoms with Crippen molar-refractivity contribution in [2.24, 2.45) is 0 Å². The molecule has 116 valence electrons. The molecule has 2 saturated heterocycles. The fourth-order valence-corrected chi connectivity index (χ4v) is 3.39. The normalized spacial score (nSPS) is 25.4. The lowest BCUT2D eigenvalue weighted by molar-refractivity contribution is -0.131. The number of rotatable bonds is 5. The summed E-state index contributed by atoms with van der Waals surface area (Å²) < 4.78 is 5.95. The fraction of sp³-hybridized carbons (Fsp3) is 0.933. The van der Waals surface area contributed by atoms with Gasteiger partial charge in [0.15, 0.2) is 0 Å². The van der Waals surface area contributed by atoms with Crippen molar-refractivity contribution in [1.82, 2.24) is 9.80 Å². The van der Waals surface area contributed by atoms with Gasteiger partial charge in [-0.25, -0.2) is 0 Å². The zero-order valence-electron chi connectivity index (χ0n) is 12.7. The second-order valence-corrected chi connectivity index (χ2v) is 6.78. The Morgan fingerprint density at radius 1 is 1.20 bits per heavy atom. The Hall–Kier alpha value is -0.260. The number of thioether (sulfide) groups is 1. The lowest BCUT2D eigenvalue weighted by Crippen LogP contribution is -2.43. The van der Waals surface area contributed by atoms with Gasteiger partial charge in [0.05, 0.1) is 6.10 Å². The van der Waals surface area contributed by atoms with E-state index in [-0.39, 0.29) is 6.10 Å². The maximum absolute atomic E-state index is 12.2. The minimum atomic E-state index is 0.203. The minimum Gasteiger partial charge on any atom is -0.375 e. The van der Waals surface area contributed by atoms with Crippen LogP contribution in [0.15, 0.2) is 0 Å². The Kier molecular flexibility index (Phi) is 7.17. The summed E-state index contributed by atoms with van der Waals surface area (Å²) in [7, 11) is 0. The van der Waals surface area contributed by atoms with E-state index in [2.05, 4.69) is 11.2 Å². The molecule has 0 aliphatic carbocycles. The molecule has 2 rings (SSSR count). The maximum atomic E-state index is 12.2. The Labute approximate surface area is 127 Å². The minimum absolute atomic E-state index is 0.203. The SMILES string of the molecule is CSCCC(=O)N1CCCO[C@@H](CN2CCCCC2)C1. The van der Waals surface area contributed by atoms with E-state index in [0.29, 0.717) is 12.3 Å². The molecule has 0 N–H and O–H groups in total. The first-order valence-corrected chi connectivity index (χ1v) is 9.29. The van der Waals surface area contributed by atoms with E-state index < -0.39 is 0 Å². The molecule has 5 heteroatoms. The van der Waals surface area contributed by atoms with Crippen LogP contribution in [-0.2, 0) is 9.53 Å². The Bertz CT molecular complexity index is 296. The molecule has 0 spiro atoms. The second-order valence-electron chi connectivity index (χ2n) is 5.79. The van der Waals surface area contributed by atoms with E-state index in [4.69, 9.17) is 4.74 Å². The average molecular weight is 300 g/mol. The van der Waals surface area contributed by atoms with Crippen molar-refractivity contribution in [2.45, 2.75) is 38.2 Å². The molecule has 20 heavy (non-hydrogen) atoms. The van der Waals surface area contributed by atoms with Crippen LogP contribution in [0.1, 0.15) is 32.1 Å². The monoisotopic (exact) mass is 300 g/mol. The van der Waals surface area contributed by atoms with Gasteiger partial charge in [0, 0.05) is 38.4 Å². The molecule has 2 aliphatic heterocycles. The lowest BCUT2D eigenvalue weighted by Gasteiger charge is -2.31. The Morgan fingerprint density at radius 3 is 2.75 bits per heavy atom. The molecule has 2 aliphatic rings. The molecule has 0 aromatic heterocycles. The number of hydrogen-bond donors (Lipinski definition) is 0. The van der Waals surface area contributed by atoms with E-state index in [0.717, 1.165) is 38.4 Å². The molecule has 0 radical (unpaired) electrons. The first-order chi connectivity index (χ1) is 9.79. The first-order valence-electron chi connectivity index (χ1n) is 7.90. The number of piperidine rings is 1. The maximum Gasteiger partial charge on any atom is 0.223 e. The molecule has 1 amide bonds. The molecule has 0 unspecified atom stereocenters. The van der Waals surface area contributed by atoms with E-state index in [1.165, 1.54) is 32.4 Å². The summed E-state index contributed by atoms with van der Waals surface area (Å²) in [6, 6.07) is 0. The summed E-state index contributed by atoms with van der Waals surface area (Å²) in [5.74, 6) is 1.22. The van der Waals surface area contributed by atoms with Gasteiger partial charge in [-0.2, -0.15) is 11.8 Å². The molecule has 0 aromatic carbocycles. The van der Waals surface area contributed by atoms with Crippen molar-refractivity contribution in [3.63, 3.8) is 0 Å². The summed E-state index contributed by atoms with van der Waals surface area (Å²) in [6.07, 6.45) is 7.87. The summed E-state index contributed by atoms with van der Waals surface area (Å²) in [6.45, 7) is 5.82. The van der Waals surface area contributed by atoms with Crippen molar-refractivity contribution in [3.05, 3.63) is 0 Å². The van der Waals surface area contributed by atoms with Crippen LogP contribution in [0.2, 0.25) is 0 Å². The van der Waals surface area contributed by atoms with Crippen LogP contribution >= 0.6 is 11.8 Å². The standard InChI is InChI=1S/C15H28N2O2S/c1-20-11-6-15(18)17-9-5-10-19-14(13-17)12-16-7-3-2-4-8-16/h14H,2-13H2,1H3/t14-/m0/s1. The highest BCUT2D eigenvalue weighted by atomic mass is 32.2. The van der Waals surface area contributed by atoms with Crippen molar-refractivity contribution in [3.8, 4) is 0 Å². The largest absolute Gasteiger partial charge is 0.375 e. The number of ether oxygens (including phenoxy) is 1. The predicted molar refractivity (Wildman–Crippen MR) is 84.2 cm³/mol. The van der Waals surface area contributed by atoms with Crippen LogP contribution in [0.4, 0.5) is 0 Å². The smallest absolute Gasteiger partial charge is 0.223 e. The van der Waals surface area contributed by atoms with Crippen molar-refractivity contribution < 1.29 is 9.53 Å². The zero-order valence-corrected chi connectivity index (χ0v) is 13.5. The fourth-order valence-electron chi connectivity index (χ4n) is 3.01. The van der Waals surface area contributed by atoms with Gasteiger partial charge in [0.25, 0.3) is 0 Å². The number of carbonyl (C=O) groups excluding carboxylic acids is 1. The van der Waals surface area contributed by atoms with Crippen LogP contribution in [0.25, 0.3) is 0 Å². The quantitative estimate of drug-likeness (QED) is 0.776. The van der Waals surface area contributed by atoms with Crippen LogP contribution in [0, 0.1) is 0 Å². The molecule has 0 aromatic rings. The highest BCUT2D eigenvalue weighted by molar-refractivity contribution is 7.98.